The first-order valence-corrected chi connectivity index (χ1v) is 9.38. The molecule has 2 fully saturated rings. The summed E-state index contributed by atoms with van der Waals surface area (Å²) in [7, 11) is 1.43. The van der Waals surface area contributed by atoms with Crippen LogP contribution in [0, 0.1) is 6.92 Å². The zero-order chi connectivity index (χ0) is 17.8. The van der Waals surface area contributed by atoms with E-state index in [0.717, 1.165) is 62.4 Å². The topological polar surface area (TPSA) is 48.0 Å². The minimum absolute atomic E-state index is 0.294. The van der Waals surface area contributed by atoms with E-state index in [1.165, 1.54) is 13.5 Å². The summed E-state index contributed by atoms with van der Waals surface area (Å²) in [5.74, 6) is 0.597. The number of hydrogen-bond acceptors (Lipinski definition) is 5. The molecule has 0 radical (unpaired) electrons. The molecule has 0 amide bonds. The van der Waals surface area contributed by atoms with Crippen molar-refractivity contribution in [1.29, 1.82) is 0 Å². The predicted octanol–water partition coefficient (Wildman–Crippen LogP) is 3.72. The third kappa shape index (κ3) is 3.76. The number of nitrogens with zero attached hydrogens (tertiary/aromatic N) is 1. The Morgan fingerprint density at radius 1 is 1.24 bits per heavy atom. The van der Waals surface area contributed by atoms with E-state index in [2.05, 4.69) is 11.8 Å². The standard InChI is InChI=1S/C20H29NO4/c1-4-21(15-10-12-24-13-11-15)19-14(2)17(20(22)23-3)8-9-18(19)25-16-6-5-7-16/h8-9,15-16H,4-7,10-13H2,1-3H3. The maximum absolute atomic E-state index is 12.2. The fourth-order valence-corrected chi connectivity index (χ4v) is 3.72. The van der Waals surface area contributed by atoms with Gasteiger partial charge in [-0.15, -0.1) is 0 Å². The van der Waals surface area contributed by atoms with E-state index >= 15 is 0 Å². The quantitative estimate of drug-likeness (QED) is 0.734. The monoisotopic (exact) mass is 347 g/mol. The summed E-state index contributed by atoms with van der Waals surface area (Å²) >= 11 is 0. The molecule has 0 N–H and O–H groups in total. The maximum Gasteiger partial charge on any atom is 0.338 e. The Bertz CT molecular complexity index is 606. The van der Waals surface area contributed by atoms with E-state index in [9.17, 15) is 4.79 Å². The van der Waals surface area contributed by atoms with Crippen molar-refractivity contribution >= 4 is 11.7 Å². The second-order valence-corrected chi connectivity index (χ2v) is 6.88. The smallest absolute Gasteiger partial charge is 0.338 e. The van der Waals surface area contributed by atoms with Crippen LogP contribution in [-0.4, -0.2) is 45.0 Å². The first-order valence-electron chi connectivity index (χ1n) is 9.38. The number of rotatable bonds is 6. The third-order valence-electron chi connectivity index (χ3n) is 5.40. The zero-order valence-electron chi connectivity index (χ0n) is 15.5. The van der Waals surface area contributed by atoms with Crippen LogP contribution >= 0.6 is 0 Å². The van der Waals surface area contributed by atoms with Crippen LogP contribution in [0.1, 0.15) is 54.9 Å². The molecular formula is C20H29NO4. The highest BCUT2D eigenvalue weighted by molar-refractivity contribution is 5.93. The van der Waals surface area contributed by atoms with Crippen molar-refractivity contribution in [2.45, 2.75) is 58.1 Å². The van der Waals surface area contributed by atoms with Crippen molar-refractivity contribution < 1.29 is 19.0 Å². The predicted molar refractivity (Wildman–Crippen MR) is 97.6 cm³/mol. The molecule has 3 rings (SSSR count). The zero-order valence-corrected chi connectivity index (χ0v) is 15.5. The Morgan fingerprint density at radius 2 is 1.96 bits per heavy atom. The lowest BCUT2D eigenvalue weighted by Gasteiger charge is -2.38. The van der Waals surface area contributed by atoms with Crippen LogP contribution in [0.5, 0.6) is 5.75 Å². The van der Waals surface area contributed by atoms with Crippen LogP contribution in [0.4, 0.5) is 5.69 Å². The molecular weight excluding hydrogens is 318 g/mol. The Morgan fingerprint density at radius 3 is 2.52 bits per heavy atom. The number of carbonyl (C=O) groups excluding carboxylic acids is 1. The van der Waals surface area contributed by atoms with Gasteiger partial charge in [-0.05, 0) is 63.6 Å². The van der Waals surface area contributed by atoms with E-state index in [0.29, 0.717) is 17.7 Å². The van der Waals surface area contributed by atoms with Gasteiger partial charge in [0.1, 0.15) is 5.75 Å². The van der Waals surface area contributed by atoms with Crippen LogP contribution < -0.4 is 9.64 Å². The second kappa shape index (κ2) is 8.09. The average Bonchev–Trinajstić information content (AvgIpc) is 2.61. The molecule has 1 heterocycles. The number of esters is 1. The fraction of sp³-hybridized carbons (Fsp3) is 0.650. The second-order valence-electron chi connectivity index (χ2n) is 6.88. The van der Waals surface area contributed by atoms with Gasteiger partial charge in [0.15, 0.2) is 0 Å². The van der Waals surface area contributed by atoms with E-state index in [4.69, 9.17) is 14.2 Å². The molecule has 0 bridgehead atoms. The van der Waals surface area contributed by atoms with Gasteiger partial charge in [-0.2, -0.15) is 0 Å². The molecule has 0 unspecified atom stereocenters. The van der Waals surface area contributed by atoms with Crippen LogP contribution in [0.2, 0.25) is 0 Å². The van der Waals surface area contributed by atoms with Crippen molar-refractivity contribution in [2.75, 3.05) is 31.8 Å². The van der Waals surface area contributed by atoms with Gasteiger partial charge in [-0.3, -0.25) is 0 Å². The minimum atomic E-state index is -0.294. The summed E-state index contributed by atoms with van der Waals surface area (Å²) in [6, 6.07) is 4.18. The largest absolute Gasteiger partial charge is 0.488 e. The summed E-state index contributed by atoms with van der Waals surface area (Å²) in [5.41, 5.74) is 2.60. The number of methoxy groups -OCH3 is 1. The number of benzene rings is 1. The van der Waals surface area contributed by atoms with Crippen LogP contribution in [0.25, 0.3) is 0 Å². The summed E-state index contributed by atoms with van der Waals surface area (Å²) < 4.78 is 16.8. The molecule has 0 atom stereocenters. The average molecular weight is 347 g/mol. The molecule has 1 saturated heterocycles. The lowest BCUT2D eigenvalue weighted by atomic mass is 9.95. The molecule has 25 heavy (non-hydrogen) atoms. The molecule has 1 aromatic rings. The molecule has 2 aliphatic rings. The summed E-state index contributed by atoms with van der Waals surface area (Å²) in [4.78, 5) is 14.6. The van der Waals surface area contributed by atoms with Gasteiger partial charge in [0.2, 0.25) is 0 Å². The summed E-state index contributed by atoms with van der Waals surface area (Å²) in [6.07, 6.45) is 5.75. The number of anilines is 1. The molecule has 1 aliphatic carbocycles. The van der Waals surface area contributed by atoms with E-state index in [1.54, 1.807) is 0 Å². The normalized spacial score (nSPS) is 18.5. The van der Waals surface area contributed by atoms with Crippen molar-refractivity contribution in [3.05, 3.63) is 23.3 Å². The fourth-order valence-electron chi connectivity index (χ4n) is 3.72. The first-order chi connectivity index (χ1) is 12.2. The highest BCUT2D eigenvalue weighted by Crippen LogP contribution is 2.39. The maximum atomic E-state index is 12.2. The van der Waals surface area contributed by atoms with Gasteiger partial charge < -0.3 is 19.1 Å². The molecule has 1 saturated carbocycles. The van der Waals surface area contributed by atoms with Gasteiger partial charge in [0.25, 0.3) is 0 Å². The molecule has 0 aromatic heterocycles. The van der Waals surface area contributed by atoms with Gasteiger partial charge >= 0.3 is 5.97 Å². The molecule has 5 heteroatoms. The molecule has 0 spiro atoms. The lowest BCUT2D eigenvalue weighted by Crippen LogP contribution is -2.40. The van der Waals surface area contributed by atoms with Crippen molar-refractivity contribution in [3.63, 3.8) is 0 Å². The van der Waals surface area contributed by atoms with Crippen LogP contribution in [0.3, 0.4) is 0 Å². The number of hydrogen-bond donors (Lipinski definition) is 0. The van der Waals surface area contributed by atoms with Crippen molar-refractivity contribution in [2.24, 2.45) is 0 Å². The lowest BCUT2D eigenvalue weighted by molar-refractivity contribution is 0.0599. The van der Waals surface area contributed by atoms with E-state index in [-0.39, 0.29) is 5.97 Å². The van der Waals surface area contributed by atoms with Crippen molar-refractivity contribution in [3.8, 4) is 5.75 Å². The van der Waals surface area contributed by atoms with E-state index in [1.807, 2.05) is 19.1 Å². The van der Waals surface area contributed by atoms with Crippen molar-refractivity contribution in [1.82, 2.24) is 0 Å². The van der Waals surface area contributed by atoms with Gasteiger partial charge in [0.05, 0.1) is 24.5 Å². The highest BCUT2D eigenvalue weighted by atomic mass is 16.5. The third-order valence-corrected chi connectivity index (χ3v) is 5.40. The summed E-state index contributed by atoms with van der Waals surface area (Å²) in [5, 5.41) is 0. The van der Waals surface area contributed by atoms with Gasteiger partial charge in [-0.25, -0.2) is 4.79 Å². The SMILES string of the molecule is CCN(c1c(OC2CCC2)ccc(C(=O)OC)c1C)C1CCOCC1. The number of carbonyl (C=O) groups is 1. The molecule has 1 aromatic carbocycles. The Kier molecular flexibility index (Phi) is 5.84. The van der Waals surface area contributed by atoms with Gasteiger partial charge in [0, 0.05) is 25.8 Å². The van der Waals surface area contributed by atoms with Crippen LogP contribution in [0.15, 0.2) is 12.1 Å². The van der Waals surface area contributed by atoms with Gasteiger partial charge in [-0.1, -0.05) is 0 Å². The molecule has 5 nitrogen and oxygen atoms in total. The highest BCUT2D eigenvalue weighted by Gasteiger charge is 2.29. The van der Waals surface area contributed by atoms with E-state index < -0.39 is 0 Å². The first kappa shape index (κ1) is 18.1. The minimum Gasteiger partial charge on any atom is -0.488 e. The van der Waals surface area contributed by atoms with Crippen LogP contribution in [-0.2, 0) is 9.47 Å². The molecule has 138 valence electrons. The number of ether oxygens (including phenoxy) is 3. The summed E-state index contributed by atoms with van der Waals surface area (Å²) in [6.45, 7) is 6.60. The molecule has 1 aliphatic heterocycles. The Labute approximate surface area is 150 Å². The Hall–Kier alpha value is -1.75. The Balaban J connectivity index is 1.99.